The van der Waals surface area contributed by atoms with E-state index in [4.69, 9.17) is 6.42 Å². The molecule has 1 N–H and O–H groups in total. The van der Waals surface area contributed by atoms with Crippen molar-refractivity contribution in [2.45, 2.75) is 0 Å². The number of terminal acetylenes is 1. The van der Waals surface area contributed by atoms with E-state index in [1.54, 1.807) is 12.1 Å². The van der Waals surface area contributed by atoms with Crippen molar-refractivity contribution in [1.29, 1.82) is 0 Å². The number of halogens is 2. The molecule has 1 rings (SSSR count). The SMILES string of the molecule is C#Cc1cc(Br)cc(Br)c1O. The van der Waals surface area contributed by atoms with E-state index in [2.05, 4.69) is 37.8 Å². The molecule has 1 nitrogen and oxygen atoms in total. The number of rotatable bonds is 0. The number of benzene rings is 1. The molecule has 0 spiro atoms. The van der Waals surface area contributed by atoms with Gasteiger partial charge in [-0.15, -0.1) is 6.42 Å². The Balaban J connectivity index is 3.39. The van der Waals surface area contributed by atoms with E-state index in [0.717, 1.165) is 4.47 Å². The van der Waals surface area contributed by atoms with Crippen LogP contribution < -0.4 is 0 Å². The Kier molecular flexibility index (Phi) is 2.58. The first kappa shape index (κ1) is 8.63. The molecule has 0 aliphatic rings. The third-order valence-corrected chi connectivity index (χ3v) is 2.25. The maximum absolute atomic E-state index is 9.31. The number of phenols is 1. The Labute approximate surface area is 81.7 Å². The Morgan fingerprint density at radius 2 is 2.00 bits per heavy atom. The summed E-state index contributed by atoms with van der Waals surface area (Å²) in [7, 11) is 0. The summed E-state index contributed by atoms with van der Waals surface area (Å²) in [5.41, 5.74) is 0.478. The van der Waals surface area contributed by atoms with Gasteiger partial charge in [-0.1, -0.05) is 21.9 Å². The van der Waals surface area contributed by atoms with Gasteiger partial charge in [0.2, 0.25) is 0 Å². The van der Waals surface area contributed by atoms with Crippen molar-refractivity contribution in [3.8, 4) is 18.1 Å². The quantitative estimate of drug-likeness (QED) is 0.722. The number of phenolic OH excluding ortho intramolecular Hbond substituents is 1. The first-order valence-electron chi connectivity index (χ1n) is 2.79. The van der Waals surface area contributed by atoms with Gasteiger partial charge in [-0.3, -0.25) is 0 Å². The molecule has 1 aromatic carbocycles. The summed E-state index contributed by atoms with van der Waals surface area (Å²) >= 11 is 6.41. The molecule has 1 aromatic rings. The predicted molar refractivity (Wildman–Crippen MR) is 51.4 cm³/mol. The molecule has 0 saturated heterocycles. The topological polar surface area (TPSA) is 20.2 Å². The normalized spacial score (nSPS) is 9.18. The largest absolute Gasteiger partial charge is 0.505 e. The standard InChI is InChI=1S/C8H4Br2O/c1-2-5-3-6(9)4-7(10)8(5)11/h1,3-4,11H. The van der Waals surface area contributed by atoms with Crippen LogP contribution >= 0.6 is 31.9 Å². The van der Waals surface area contributed by atoms with Crippen molar-refractivity contribution in [3.05, 3.63) is 26.6 Å². The van der Waals surface area contributed by atoms with E-state index in [1.165, 1.54) is 0 Å². The van der Waals surface area contributed by atoms with Crippen LogP contribution in [0.15, 0.2) is 21.1 Å². The Bertz CT molecular complexity index is 326. The molecule has 3 heteroatoms. The van der Waals surface area contributed by atoms with Crippen molar-refractivity contribution in [3.63, 3.8) is 0 Å². The van der Waals surface area contributed by atoms with Gasteiger partial charge in [-0.2, -0.15) is 0 Å². The molecule has 0 saturated carbocycles. The second kappa shape index (κ2) is 3.29. The van der Waals surface area contributed by atoms with Crippen molar-refractivity contribution >= 4 is 31.9 Å². The van der Waals surface area contributed by atoms with Gasteiger partial charge in [0.25, 0.3) is 0 Å². The highest BCUT2D eigenvalue weighted by atomic mass is 79.9. The van der Waals surface area contributed by atoms with Crippen LogP contribution in [0.4, 0.5) is 0 Å². The number of hydrogen-bond donors (Lipinski definition) is 1. The lowest BCUT2D eigenvalue weighted by Crippen LogP contribution is -1.78. The van der Waals surface area contributed by atoms with Gasteiger partial charge in [0.05, 0.1) is 10.0 Å². The van der Waals surface area contributed by atoms with E-state index in [1.807, 2.05) is 0 Å². The minimum Gasteiger partial charge on any atom is -0.505 e. The third kappa shape index (κ3) is 1.76. The van der Waals surface area contributed by atoms with Crippen LogP contribution in [0.5, 0.6) is 5.75 Å². The van der Waals surface area contributed by atoms with Gasteiger partial charge in [-0.05, 0) is 28.1 Å². The minimum absolute atomic E-state index is 0.107. The van der Waals surface area contributed by atoms with Crippen molar-refractivity contribution in [1.82, 2.24) is 0 Å². The maximum atomic E-state index is 9.31. The molecular formula is C8H4Br2O. The van der Waals surface area contributed by atoms with Crippen LogP contribution in [0, 0.1) is 12.3 Å². The third-order valence-electron chi connectivity index (χ3n) is 1.18. The lowest BCUT2D eigenvalue weighted by molar-refractivity contribution is 0.470. The molecule has 0 aliphatic heterocycles. The van der Waals surface area contributed by atoms with Crippen LogP contribution in [-0.4, -0.2) is 5.11 Å². The summed E-state index contributed by atoms with van der Waals surface area (Å²) in [4.78, 5) is 0. The van der Waals surface area contributed by atoms with Gasteiger partial charge in [0.1, 0.15) is 5.75 Å². The zero-order chi connectivity index (χ0) is 8.43. The van der Waals surface area contributed by atoms with Crippen LogP contribution in [0.2, 0.25) is 0 Å². The van der Waals surface area contributed by atoms with Gasteiger partial charge < -0.3 is 5.11 Å². The van der Waals surface area contributed by atoms with Crippen LogP contribution in [0.3, 0.4) is 0 Å². The van der Waals surface area contributed by atoms with Crippen LogP contribution in [0.25, 0.3) is 0 Å². The lowest BCUT2D eigenvalue weighted by Gasteiger charge is -2.00. The fourth-order valence-corrected chi connectivity index (χ4v) is 1.90. The second-order valence-corrected chi connectivity index (χ2v) is 3.70. The fraction of sp³-hybridized carbons (Fsp3) is 0. The molecule has 0 aromatic heterocycles. The fourth-order valence-electron chi connectivity index (χ4n) is 0.676. The zero-order valence-corrected chi connectivity index (χ0v) is 8.61. The van der Waals surface area contributed by atoms with Crippen LogP contribution in [0.1, 0.15) is 5.56 Å². The monoisotopic (exact) mass is 274 g/mol. The van der Waals surface area contributed by atoms with E-state index < -0.39 is 0 Å². The summed E-state index contributed by atoms with van der Waals surface area (Å²) in [6.45, 7) is 0. The minimum atomic E-state index is 0.107. The molecule has 0 amide bonds. The summed E-state index contributed by atoms with van der Waals surface area (Å²) < 4.78 is 1.44. The molecule has 0 heterocycles. The highest BCUT2D eigenvalue weighted by molar-refractivity contribution is 9.11. The average Bonchev–Trinajstić information content (AvgIpc) is 1.96. The molecule has 0 aliphatic carbocycles. The van der Waals surface area contributed by atoms with Gasteiger partial charge >= 0.3 is 0 Å². The Hall–Kier alpha value is -0.460. The molecule has 0 unspecified atom stereocenters. The van der Waals surface area contributed by atoms with Gasteiger partial charge in [0, 0.05) is 4.47 Å². The van der Waals surface area contributed by atoms with E-state index in [0.29, 0.717) is 10.0 Å². The predicted octanol–water partition coefficient (Wildman–Crippen LogP) is 2.90. The van der Waals surface area contributed by atoms with Crippen molar-refractivity contribution in [2.75, 3.05) is 0 Å². The van der Waals surface area contributed by atoms with E-state index >= 15 is 0 Å². The molecule has 0 fully saturated rings. The summed E-state index contributed by atoms with van der Waals surface area (Å²) in [5, 5.41) is 9.31. The maximum Gasteiger partial charge on any atom is 0.145 e. The van der Waals surface area contributed by atoms with Gasteiger partial charge in [-0.25, -0.2) is 0 Å². The second-order valence-electron chi connectivity index (χ2n) is 1.93. The van der Waals surface area contributed by atoms with E-state index in [9.17, 15) is 5.11 Å². The summed E-state index contributed by atoms with van der Waals surface area (Å²) in [6.07, 6.45) is 5.14. The van der Waals surface area contributed by atoms with Crippen LogP contribution in [-0.2, 0) is 0 Å². The summed E-state index contributed by atoms with van der Waals surface area (Å²) in [5.74, 6) is 2.47. The van der Waals surface area contributed by atoms with Crippen molar-refractivity contribution < 1.29 is 5.11 Å². The highest BCUT2D eigenvalue weighted by Crippen LogP contribution is 2.30. The van der Waals surface area contributed by atoms with E-state index in [-0.39, 0.29) is 5.75 Å². The summed E-state index contributed by atoms with van der Waals surface area (Å²) in [6, 6.07) is 3.41. The zero-order valence-electron chi connectivity index (χ0n) is 5.44. The molecule has 0 radical (unpaired) electrons. The Morgan fingerprint density at radius 1 is 1.36 bits per heavy atom. The first-order chi connectivity index (χ1) is 5.15. The van der Waals surface area contributed by atoms with Crippen molar-refractivity contribution in [2.24, 2.45) is 0 Å². The highest BCUT2D eigenvalue weighted by Gasteiger charge is 2.03. The Morgan fingerprint density at radius 3 is 2.55 bits per heavy atom. The molecule has 56 valence electrons. The molecule has 0 atom stereocenters. The lowest BCUT2D eigenvalue weighted by atomic mass is 10.2. The molecular weight excluding hydrogens is 272 g/mol. The number of aromatic hydroxyl groups is 1. The molecule has 0 bridgehead atoms. The smallest absolute Gasteiger partial charge is 0.145 e. The first-order valence-corrected chi connectivity index (χ1v) is 4.38. The molecule has 11 heavy (non-hydrogen) atoms. The number of hydrogen-bond acceptors (Lipinski definition) is 1. The van der Waals surface area contributed by atoms with Gasteiger partial charge in [0.15, 0.2) is 0 Å². The average molecular weight is 276 g/mol.